The van der Waals surface area contributed by atoms with E-state index in [9.17, 15) is 14.0 Å². The highest BCUT2D eigenvalue weighted by molar-refractivity contribution is 7.17. The molecule has 1 aliphatic rings. The van der Waals surface area contributed by atoms with Gasteiger partial charge in [0.1, 0.15) is 16.7 Å². The van der Waals surface area contributed by atoms with E-state index in [2.05, 4.69) is 15.3 Å². The van der Waals surface area contributed by atoms with Crippen molar-refractivity contribution < 1.29 is 19.1 Å². The van der Waals surface area contributed by atoms with Crippen molar-refractivity contribution in [3.8, 4) is 0 Å². The number of anilines is 1. The van der Waals surface area contributed by atoms with Crippen molar-refractivity contribution in [1.82, 2.24) is 15.3 Å². The van der Waals surface area contributed by atoms with Gasteiger partial charge in [-0.15, -0.1) is 0 Å². The van der Waals surface area contributed by atoms with Gasteiger partial charge in [-0.1, -0.05) is 22.9 Å². The van der Waals surface area contributed by atoms with Gasteiger partial charge in [-0.2, -0.15) is 0 Å². The summed E-state index contributed by atoms with van der Waals surface area (Å²) in [7, 11) is 0. The lowest BCUT2D eigenvalue weighted by atomic mass is 10.0. The largest absolute Gasteiger partial charge is 0.477 e. The topological polar surface area (TPSA) is 98.3 Å². The summed E-state index contributed by atoms with van der Waals surface area (Å²) in [6.07, 6.45) is 1.85. The van der Waals surface area contributed by atoms with Gasteiger partial charge in [0.2, 0.25) is 0 Å². The van der Waals surface area contributed by atoms with E-state index in [1.807, 2.05) is 0 Å². The first kappa shape index (κ1) is 16.7. The Balaban J connectivity index is 1.60. The molecule has 0 aromatic carbocycles. The molecule has 2 aromatic rings. The molecule has 0 saturated carbocycles. The number of nitrogens with zero attached hydrogens (tertiary/aromatic N) is 2. The molecule has 3 rings (SSSR count). The number of carbonyl (C=O) groups excluding carboxylic acids is 1. The van der Waals surface area contributed by atoms with Crippen LogP contribution in [0.1, 0.15) is 26.6 Å². The fourth-order valence-electron chi connectivity index (χ4n) is 2.50. The Kier molecular flexibility index (Phi) is 4.72. The van der Waals surface area contributed by atoms with E-state index < -0.39 is 24.1 Å². The number of aromatic carboxylic acids is 1. The van der Waals surface area contributed by atoms with E-state index in [4.69, 9.17) is 16.7 Å². The van der Waals surface area contributed by atoms with Crippen molar-refractivity contribution in [1.29, 1.82) is 0 Å². The molecular formula is C14H14ClFN4O3S. The van der Waals surface area contributed by atoms with Gasteiger partial charge in [0.25, 0.3) is 5.91 Å². The predicted molar refractivity (Wildman–Crippen MR) is 87.9 cm³/mol. The second kappa shape index (κ2) is 6.78. The molecule has 128 valence electrons. The number of alkyl halides is 1. The number of hydrogen-bond acceptors (Lipinski definition) is 5. The van der Waals surface area contributed by atoms with Crippen LogP contribution >= 0.6 is 22.9 Å². The van der Waals surface area contributed by atoms with Crippen LogP contribution in [0.3, 0.4) is 0 Å². The number of H-pyrrole nitrogens is 1. The SMILES string of the molecule is O=C(N[C@@H]1CCN(c2ncc(C(=O)O)s2)C[C@@H]1F)c1cc(Cl)c[nH]1. The number of aromatic amines is 1. The predicted octanol–water partition coefficient (Wildman–Crippen LogP) is 2.17. The number of rotatable bonds is 4. The lowest BCUT2D eigenvalue weighted by Crippen LogP contribution is -2.52. The van der Waals surface area contributed by atoms with E-state index in [1.54, 1.807) is 4.90 Å². The van der Waals surface area contributed by atoms with Crippen LogP contribution in [0.5, 0.6) is 0 Å². The molecule has 7 nitrogen and oxygen atoms in total. The molecule has 2 aromatic heterocycles. The zero-order valence-corrected chi connectivity index (χ0v) is 13.9. The van der Waals surface area contributed by atoms with Crippen LogP contribution < -0.4 is 10.2 Å². The Bertz CT molecular complexity index is 765. The fourth-order valence-corrected chi connectivity index (χ4v) is 3.45. The van der Waals surface area contributed by atoms with Gasteiger partial charge >= 0.3 is 5.97 Å². The van der Waals surface area contributed by atoms with E-state index in [0.29, 0.717) is 23.1 Å². The maximum atomic E-state index is 14.4. The minimum absolute atomic E-state index is 0.0446. The maximum Gasteiger partial charge on any atom is 0.347 e. The molecule has 0 aliphatic carbocycles. The first-order chi connectivity index (χ1) is 11.4. The minimum atomic E-state index is -1.29. The van der Waals surface area contributed by atoms with Crippen molar-refractivity contribution in [3.05, 3.63) is 34.1 Å². The molecule has 1 saturated heterocycles. The molecule has 0 unspecified atom stereocenters. The third-order valence-corrected chi connectivity index (χ3v) is 4.99. The van der Waals surface area contributed by atoms with Gasteiger partial charge in [0.05, 0.1) is 23.8 Å². The monoisotopic (exact) mass is 372 g/mol. The summed E-state index contributed by atoms with van der Waals surface area (Å²) in [6.45, 7) is 0.520. The van der Waals surface area contributed by atoms with E-state index in [1.165, 1.54) is 18.5 Å². The Labute approximate surface area is 145 Å². The van der Waals surface area contributed by atoms with Gasteiger partial charge in [-0.05, 0) is 12.5 Å². The highest BCUT2D eigenvalue weighted by atomic mass is 35.5. The number of carboxylic acid groups (broad SMARTS) is 1. The zero-order valence-electron chi connectivity index (χ0n) is 12.3. The Morgan fingerprint density at radius 3 is 2.92 bits per heavy atom. The molecule has 10 heteroatoms. The maximum absolute atomic E-state index is 14.4. The average molecular weight is 373 g/mol. The second-order valence-electron chi connectivity index (χ2n) is 5.37. The summed E-state index contributed by atoms with van der Waals surface area (Å²) in [4.78, 5) is 31.5. The number of nitrogens with one attached hydrogen (secondary N) is 2. The van der Waals surface area contributed by atoms with Crippen molar-refractivity contribution in [2.45, 2.75) is 18.6 Å². The molecule has 3 N–H and O–H groups in total. The van der Waals surface area contributed by atoms with Crippen LogP contribution in [0.2, 0.25) is 5.02 Å². The van der Waals surface area contributed by atoms with E-state index in [-0.39, 0.29) is 17.1 Å². The first-order valence-electron chi connectivity index (χ1n) is 7.17. The van der Waals surface area contributed by atoms with E-state index in [0.717, 1.165) is 11.3 Å². The number of halogens is 2. The standard InChI is InChI=1S/C14H14ClFN4O3S/c15-7-3-10(17-4-7)12(21)19-9-1-2-20(6-8(9)16)14-18-5-11(24-14)13(22)23/h3-5,8-9,17H,1-2,6H2,(H,19,21)(H,22,23)/t8-,9+/m0/s1. The lowest BCUT2D eigenvalue weighted by molar-refractivity contribution is 0.0701. The smallest absolute Gasteiger partial charge is 0.347 e. The molecule has 2 atom stereocenters. The number of thiazole rings is 1. The molecule has 0 radical (unpaired) electrons. The van der Waals surface area contributed by atoms with Gasteiger partial charge in [0, 0.05) is 12.7 Å². The molecule has 0 spiro atoms. The van der Waals surface area contributed by atoms with Crippen molar-refractivity contribution >= 4 is 39.9 Å². The third kappa shape index (κ3) is 3.51. The summed E-state index contributed by atoms with van der Waals surface area (Å²) < 4.78 is 14.4. The summed E-state index contributed by atoms with van der Waals surface area (Å²) in [6, 6.07) is 0.858. The Hall–Kier alpha value is -2.13. The summed E-state index contributed by atoms with van der Waals surface area (Å²) in [5, 5.41) is 12.4. The highest BCUT2D eigenvalue weighted by Gasteiger charge is 2.32. The van der Waals surface area contributed by atoms with Crippen LogP contribution in [-0.2, 0) is 0 Å². The number of carboxylic acids is 1. The quantitative estimate of drug-likeness (QED) is 0.764. The van der Waals surface area contributed by atoms with Crippen LogP contribution in [0.4, 0.5) is 9.52 Å². The molecule has 1 amide bonds. The fraction of sp³-hybridized carbons (Fsp3) is 0.357. The Morgan fingerprint density at radius 2 is 2.33 bits per heavy atom. The van der Waals surface area contributed by atoms with Gasteiger partial charge < -0.3 is 20.3 Å². The molecule has 1 aliphatic heterocycles. The molecular weight excluding hydrogens is 359 g/mol. The second-order valence-corrected chi connectivity index (χ2v) is 6.82. The Morgan fingerprint density at radius 1 is 1.54 bits per heavy atom. The normalized spacial score (nSPS) is 20.8. The van der Waals surface area contributed by atoms with E-state index >= 15 is 0 Å². The van der Waals surface area contributed by atoms with Crippen molar-refractivity contribution in [2.75, 3.05) is 18.0 Å². The van der Waals surface area contributed by atoms with Gasteiger partial charge in [-0.3, -0.25) is 4.79 Å². The van der Waals surface area contributed by atoms with Crippen molar-refractivity contribution in [3.63, 3.8) is 0 Å². The number of piperidine rings is 1. The number of aromatic nitrogens is 2. The lowest BCUT2D eigenvalue weighted by Gasteiger charge is -2.34. The van der Waals surface area contributed by atoms with Crippen LogP contribution in [0, 0.1) is 0 Å². The van der Waals surface area contributed by atoms with Gasteiger partial charge in [0.15, 0.2) is 5.13 Å². The van der Waals surface area contributed by atoms with Crippen LogP contribution in [-0.4, -0.2) is 52.3 Å². The molecule has 24 heavy (non-hydrogen) atoms. The molecule has 0 bridgehead atoms. The minimum Gasteiger partial charge on any atom is -0.477 e. The highest BCUT2D eigenvalue weighted by Crippen LogP contribution is 2.26. The van der Waals surface area contributed by atoms with Crippen molar-refractivity contribution in [2.24, 2.45) is 0 Å². The zero-order chi connectivity index (χ0) is 17.3. The van der Waals surface area contributed by atoms with Gasteiger partial charge in [-0.25, -0.2) is 14.2 Å². The third-order valence-electron chi connectivity index (χ3n) is 3.73. The summed E-state index contributed by atoms with van der Waals surface area (Å²) in [5.74, 6) is -1.47. The van der Waals surface area contributed by atoms with Crippen LogP contribution in [0.25, 0.3) is 0 Å². The summed E-state index contributed by atoms with van der Waals surface area (Å²) in [5.41, 5.74) is 0.278. The van der Waals surface area contributed by atoms with Crippen LogP contribution in [0.15, 0.2) is 18.5 Å². The number of hydrogen-bond donors (Lipinski definition) is 3. The number of carbonyl (C=O) groups is 2. The molecule has 3 heterocycles. The summed E-state index contributed by atoms with van der Waals surface area (Å²) >= 11 is 6.75. The first-order valence-corrected chi connectivity index (χ1v) is 8.36. The number of amides is 1. The average Bonchev–Trinajstić information content (AvgIpc) is 3.18. The molecule has 1 fully saturated rings.